The molecule has 0 atom stereocenters. The molecule has 0 spiro atoms. The first-order valence-electron chi connectivity index (χ1n) is 9.27. The van der Waals surface area contributed by atoms with Gasteiger partial charge in [-0.05, 0) is 43.2 Å². The van der Waals surface area contributed by atoms with Gasteiger partial charge in [-0.15, -0.1) is 0 Å². The van der Waals surface area contributed by atoms with Crippen molar-refractivity contribution in [3.63, 3.8) is 0 Å². The quantitative estimate of drug-likeness (QED) is 0.908. The molecule has 0 bridgehead atoms. The largest absolute Gasteiger partial charge is 0.490 e. The number of anilines is 1. The highest BCUT2D eigenvalue weighted by atomic mass is 16.5. The highest BCUT2D eigenvalue weighted by Crippen LogP contribution is 2.30. The van der Waals surface area contributed by atoms with Gasteiger partial charge in [0, 0.05) is 25.9 Å². The van der Waals surface area contributed by atoms with E-state index in [4.69, 9.17) is 15.0 Å². The zero-order valence-corrected chi connectivity index (χ0v) is 15.6. The van der Waals surface area contributed by atoms with Gasteiger partial charge in [0.25, 0.3) is 5.91 Å². The summed E-state index contributed by atoms with van der Waals surface area (Å²) in [5, 5.41) is 11.9. The summed E-state index contributed by atoms with van der Waals surface area (Å²) < 4.78 is 6.07. The van der Waals surface area contributed by atoms with E-state index in [1.54, 1.807) is 12.1 Å². The van der Waals surface area contributed by atoms with Crippen LogP contribution in [0.3, 0.4) is 0 Å². The number of piperidine rings is 1. The fourth-order valence-corrected chi connectivity index (χ4v) is 3.85. The highest BCUT2D eigenvalue weighted by molar-refractivity contribution is 5.99. The average Bonchev–Trinajstić information content (AvgIpc) is 3.06. The molecule has 2 aromatic rings. The van der Waals surface area contributed by atoms with E-state index in [1.807, 2.05) is 26.0 Å². The first-order valence-corrected chi connectivity index (χ1v) is 9.27. The summed E-state index contributed by atoms with van der Waals surface area (Å²) in [6.07, 6.45) is 1.92. The smallest absolute Gasteiger partial charge is 0.253 e. The number of ether oxygens (including phenoxy) is 1. The molecule has 0 saturated carbocycles. The van der Waals surface area contributed by atoms with E-state index in [1.165, 1.54) is 0 Å². The molecule has 0 unspecified atom stereocenters. The molecule has 1 fully saturated rings. The first kappa shape index (κ1) is 17.3. The standard InChI is InChI=1S/C21H22N4O2/c1-13-14(2)20(24-18-12-23-21(26)19(13)18)25-8-6-16(7-9-25)27-17-5-3-4-15(10-17)11-22/h3-5,10,16H,6-9,12H2,1-2H3,(H,23,26). The molecule has 0 radical (unpaired) electrons. The van der Waals surface area contributed by atoms with E-state index < -0.39 is 0 Å². The van der Waals surface area contributed by atoms with Crippen molar-refractivity contribution in [3.8, 4) is 11.8 Å². The maximum atomic E-state index is 12.0. The van der Waals surface area contributed by atoms with Crippen LogP contribution in [0.2, 0.25) is 0 Å². The average molecular weight is 362 g/mol. The predicted molar refractivity (Wildman–Crippen MR) is 102 cm³/mol. The van der Waals surface area contributed by atoms with Crippen LogP contribution in [0.25, 0.3) is 0 Å². The van der Waals surface area contributed by atoms with Crippen molar-refractivity contribution >= 4 is 11.7 Å². The van der Waals surface area contributed by atoms with Crippen molar-refractivity contribution in [2.24, 2.45) is 0 Å². The Morgan fingerprint density at radius 1 is 1.26 bits per heavy atom. The van der Waals surface area contributed by atoms with Crippen molar-refractivity contribution in [3.05, 3.63) is 52.2 Å². The molecule has 0 aliphatic carbocycles. The molecule has 1 amide bonds. The molecule has 3 heterocycles. The Balaban J connectivity index is 1.46. The number of nitriles is 1. The molecule has 1 saturated heterocycles. The first-order chi connectivity index (χ1) is 13.1. The predicted octanol–water partition coefficient (Wildman–Crippen LogP) is 2.86. The van der Waals surface area contributed by atoms with Gasteiger partial charge in [0.15, 0.2) is 0 Å². The Labute approximate surface area is 158 Å². The topological polar surface area (TPSA) is 78.2 Å². The van der Waals surface area contributed by atoms with Crippen molar-refractivity contribution in [2.75, 3.05) is 18.0 Å². The van der Waals surface area contributed by atoms with E-state index in [0.717, 1.165) is 59.9 Å². The van der Waals surface area contributed by atoms with Crippen LogP contribution in [0.4, 0.5) is 5.82 Å². The normalized spacial score (nSPS) is 16.6. The number of hydrogen-bond acceptors (Lipinski definition) is 5. The molecule has 138 valence electrons. The van der Waals surface area contributed by atoms with Gasteiger partial charge in [-0.25, -0.2) is 4.98 Å². The Kier molecular flexibility index (Phi) is 4.44. The van der Waals surface area contributed by atoms with Crippen molar-refractivity contribution in [1.82, 2.24) is 10.3 Å². The van der Waals surface area contributed by atoms with Crippen molar-refractivity contribution in [2.45, 2.75) is 39.3 Å². The molecule has 4 rings (SSSR count). The zero-order valence-electron chi connectivity index (χ0n) is 15.6. The minimum Gasteiger partial charge on any atom is -0.490 e. The van der Waals surface area contributed by atoms with Crippen molar-refractivity contribution in [1.29, 1.82) is 5.26 Å². The van der Waals surface area contributed by atoms with E-state index in [2.05, 4.69) is 16.3 Å². The summed E-state index contributed by atoms with van der Waals surface area (Å²) in [6, 6.07) is 9.45. The van der Waals surface area contributed by atoms with Crippen LogP contribution in [-0.2, 0) is 6.54 Å². The third-order valence-corrected chi connectivity index (χ3v) is 5.45. The molecular weight excluding hydrogens is 340 g/mol. The molecule has 27 heavy (non-hydrogen) atoms. The summed E-state index contributed by atoms with van der Waals surface area (Å²) >= 11 is 0. The maximum Gasteiger partial charge on any atom is 0.253 e. The number of aromatic nitrogens is 1. The van der Waals surface area contributed by atoms with Crippen LogP contribution in [0.5, 0.6) is 5.75 Å². The Bertz CT molecular complexity index is 940. The van der Waals surface area contributed by atoms with Crippen LogP contribution in [0.1, 0.15) is 45.6 Å². The summed E-state index contributed by atoms with van der Waals surface area (Å²) in [5.74, 6) is 1.71. The second kappa shape index (κ2) is 6.92. The van der Waals surface area contributed by atoms with Crippen LogP contribution in [0, 0.1) is 25.2 Å². The lowest BCUT2D eigenvalue weighted by atomic mass is 10.0. The van der Waals surface area contributed by atoms with Gasteiger partial charge < -0.3 is 15.0 Å². The number of carbonyl (C=O) groups is 1. The third kappa shape index (κ3) is 3.21. The molecule has 1 N–H and O–H groups in total. The second-order valence-corrected chi connectivity index (χ2v) is 7.13. The zero-order chi connectivity index (χ0) is 19.0. The summed E-state index contributed by atoms with van der Waals surface area (Å²) in [7, 11) is 0. The second-order valence-electron chi connectivity index (χ2n) is 7.13. The maximum absolute atomic E-state index is 12.0. The monoisotopic (exact) mass is 362 g/mol. The van der Waals surface area contributed by atoms with Gasteiger partial charge in [0.05, 0.1) is 29.4 Å². The van der Waals surface area contributed by atoms with Gasteiger partial charge in [0.1, 0.15) is 17.7 Å². The Morgan fingerprint density at radius 3 is 2.78 bits per heavy atom. The molecule has 2 aliphatic heterocycles. The Morgan fingerprint density at radius 2 is 2.04 bits per heavy atom. The van der Waals surface area contributed by atoms with Gasteiger partial charge in [0.2, 0.25) is 0 Å². The molecule has 6 nitrogen and oxygen atoms in total. The summed E-state index contributed by atoms with van der Waals surface area (Å²) in [6.45, 7) is 6.27. The molecular formula is C21H22N4O2. The van der Waals surface area contributed by atoms with Crippen LogP contribution < -0.4 is 15.0 Å². The lowest BCUT2D eigenvalue weighted by Gasteiger charge is -2.34. The van der Waals surface area contributed by atoms with Crippen LogP contribution in [0.15, 0.2) is 24.3 Å². The number of pyridine rings is 1. The number of hydrogen-bond donors (Lipinski definition) is 1. The van der Waals surface area contributed by atoms with Crippen molar-refractivity contribution < 1.29 is 9.53 Å². The fourth-order valence-electron chi connectivity index (χ4n) is 3.85. The third-order valence-electron chi connectivity index (χ3n) is 5.45. The summed E-state index contributed by atoms with van der Waals surface area (Å²) in [4.78, 5) is 19.1. The number of nitrogens with zero attached hydrogens (tertiary/aromatic N) is 3. The Hall–Kier alpha value is -3.07. The minimum absolute atomic E-state index is 0.0173. The van der Waals surface area contributed by atoms with E-state index >= 15 is 0 Å². The van der Waals surface area contributed by atoms with E-state index in [9.17, 15) is 4.79 Å². The van der Waals surface area contributed by atoms with E-state index in [0.29, 0.717) is 12.1 Å². The SMILES string of the molecule is Cc1c(N2CCC(Oc3cccc(C#N)c3)CC2)nc2c(c1C)C(=O)NC2. The van der Waals surface area contributed by atoms with Gasteiger partial charge in [-0.1, -0.05) is 6.07 Å². The number of carbonyl (C=O) groups excluding carboxylic acids is 1. The number of nitrogens with one attached hydrogen (secondary N) is 1. The minimum atomic E-state index is -0.0173. The molecule has 2 aliphatic rings. The fraction of sp³-hybridized carbons (Fsp3) is 0.381. The van der Waals surface area contributed by atoms with Gasteiger partial charge in [-0.3, -0.25) is 4.79 Å². The van der Waals surface area contributed by atoms with Gasteiger partial charge in [-0.2, -0.15) is 5.26 Å². The molecule has 6 heteroatoms. The lowest BCUT2D eigenvalue weighted by molar-refractivity contribution is 0.0965. The molecule has 1 aromatic carbocycles. The van der Waals surface area contributed by atoms with Crippen LogP contribution >= 0.6 is 0 Å². The number of benzene rings is 1. The molecule has 1 aromatic heterocycles. The number of rotatable bonds is 3. The number of fused-ring (bicyclic) bond motifs is 1. The lowest BCUT2D eigenvalue weighted by Crippen LogP contribution is -2.39. The summed E-state index contributed by atoms with van der Waals surface area (Å²) in [5.41, 5.74) is 4.31. The number of amides is 1. The highest BCUT2D eigenvalue weighted by Gasteiger charge is 2.29. The van der Waals surface area contributed by atoms with Gasteiger partial charge >= 0.3 is 0 Å². The van der Waals surface area contributed by atoms with Crippen LogP contribution in [-0.4, -0.2) is 30.1 Å². The van der Waals surface area contributed by atoms with E-state index in [-0.39, 0.29) is 12.0 Å².